The molecule has 2 aromatic carbocycles. The summed E-state index contributed by atoms with van der Waals surface area (Å²) in [7, 11) is 0. The highest BCUT2D eigenvalue weighted by molar-refractivity contribution is 5.90. The Morgan fingerprint density at radius 2 is 1.97 bits per heavy atom. The van der Waals surface area contributed by atoms with E-state index in [1.807, 2.05) is 54.8 Å². The summed E-state index contributed by atoms with van der Waals surface area (Å²) in [4.78, 5) is 9.45. The number of benzene rings is 2. The lowest BCUT2D eigenvalue weighted by Crippen LogP contribution is -2.16. The van der Waals surface area contributed by atoms with Crippen molar-refractivity contribution >= 4 is 16.9 Å². The molecule has 4 aromatic rings. The SMILES string of the molecule is Cc1ccc(-n2c(-c3ccc(C#N)c(F)c3)nc3c(NCCC[C@H](C)N)ccnc32)cc1. The van der Waals surface area contributed by atoms with Gasteiger partial charge in [0, 0.05) is 30.0 Å². The number of anilines is 1. The van der Waals surface area contributed by atoms with Gasteiger partial charge in [0.25, 0.3) is 0 Å². The van der Waals surface area contributed by atoms with E-state index in [0.717, 1.165) is 36.3 Å². The summed E-state index contributed by atoms with van der Waals surface area (Å²) in [6.45, 7) is 4.78. The van der Waals surface area contributed by atoms with Gasteiger partial charge in [-0.1, -0.05) is 17.7 Å². The van der Waals surface area contributed by atoms with Gasteiger partial charge < -0.3 is 11.1 Å². The molecule has 3 N–H and O–H groups in total. The van der Waals surface area contributed by atoms with Crippen LogP contribution in [0.3, 0.4) is 0 Å². The summed E-state index contributed by atoms with van der Waals surface area (Å²) in [6, 6.07) is 16.5. The van der Waals surface area contributed by atoms with E-state index in [-0.39, 0.29) is 11.6 Å². The van der Waals surface area contributed by atoms with Crippen LogP contribution in [0.25, 0.3) is 28.2 Å². The van der Waals surface area contributed by atoms with Crippen LogP contribution in [0.5, 0.6) is 0 Å². The number of rotatable bonds is 7. The van der Waals surface area contributed by atoms with Gasteiger partial charge in [-0.3, -0.25) is 4.57 Å². The minimum Gasteiger partial charge on any atom is -0.383 e. The second kappa shape index (κ2) is 9.16. The molecule has 0 unspecified atom stereocenters. The zero-order valence-corrected chi connectivity index (χ0v) is 18.1. The Balaban J connectivity index is 1.85. The van der Waals surface area contributed by atoms with Gasteiger partial charge in [0.1, 0.15) is 23.2 Å². The molecule has 0 aliphatic rings. The summed E-state index contributed by atoms with van der Waals surface area (Å²) in [5.74, 6) is -0.0145. The average molecular weight is 429 g/mol. The molecule has 32 heavy (non-hydrogen) atoms. The van der Waals surface area contributed by atoms with Crippen LogP contribution in [0.2, 0.25) is 0 Å². The molecule has 4 rings (SSSR count). The molecule has 2 aromatic heterocycles. The van der Waals surface area contributed by atoms with Crippen LogP contribution >= 0.6 is 0 Å². The van der Waals surface area contributed by atoms with Crippen molar-refractivity contribution < 1.29 is 4.39 Å². The van der Waals surface area contributed by atoms with Crippen molar-refractivity contribution in [3.05, 3.63) is 71.7 Å². The largest absolute Gasteiger partial charge is 0.383 e. The number of nitrogens with zero attached hydrogens (tertiary/aromatic N) is 4. The van der Waals surface area contributed by atoms with Crippen LogP contribution in [-0.4, -0.2) is 27.1 Å². The van der Waals surface area contributed by atoms with Crippen LogP contribution in [0.15, 0.2) is 54.7 Å². The van der Waals surface area contributed by atoms with Crippen molar-refractivity contribution in [3.8, 4) is 23.1 Å². The number of fused-ring (bicyclic) bond motifs is 1. The fourth-order valence-electron chi connectivity index (χ4n) is 3.64. The first-order valence-electron chi connectivity index (χ1n) is 10.6. The maximum absolute atomic E-state index is 14.4. The first-order chi connectivity index (χ1) is 15.5. The summed E-state index contributed by atoms with van der Waals surface area (Å²) in [6.07, 6.45) is 3.61. The number of nitriles is 1. The van der Waals surface area contributed by atoms with Crippen LogP contribution in [0.4, 0.5) is 10.1 Å². The third-order valence-electron chi connectivity index (χ3n) is 5.34. The first-order valence-corrected chi connectivity index (χ1v) is 10.6. The maximum atomic E-state index is 14.4. The number of hydrogen-bond acceptors (Lipinski definition) is 5. The molecule has 6 nitrogen and oxygen atoms in total. The lowest BCUT2D eigenvalue weighted by Gasteiger charge is -2.10. The number of nitrogens with two attached hydrogens (primary N) is 1. The lowest BCUT2D eigenvalue weighted by atomic mass is 10.1. The molecule has 7 heteroatoms. The van der Waals surface area contributed by atoms with Crippen molar-refractivity contribution in [1.82, 2.24) is 14.5 Å². The van der Waals surface area contributed by atoms with Gasteiger partial charge in [0.2, 0.25) is 0 Å². The molecule has 0 aliphatic heterocycles. The first kappa shape index (κ1) is 21.5. The Kier molecular flexibility index (Phi) is 6.15. The fourth-order valence-corrected chi connectivity index (χ4v) is 3.64. The Hall–Kier alpha value is -3.76. The number of pyridine rings is 1. The number of aryl methyl sites for hydroxylation is 1. The standard InChI is InChI=1S/C25H25FN6/c1-16-5-9-20(10-6-16)32-24(18-7-8-19(15-27)21(26)14-18)31-23-22(11-13-30-25(23)32)29-12-3-4-17(2)28/h5-11,13-14,17H,3-4,12,28H2,1-2H3,(H,29,30)/t17-/m0/s1. The molecule has 0 aliphatic carbocycles. The number of hydrogen-bond donors (Lipinski definition) is 2. The average Bonchev–Trinajstić information content (AvgIpc) is 3.17. The zero-order chi connectivity index (χ0) is 22.7. The smallest absolute Gasteiger partial charge is 0.167 e. The van der Waals surface area contributed by atoms with E-state index in [2.05, 4.69) is 10.3 Å². The Morgan fingerprint density at radius 3 is 2.66 bits per heavy atom. The van der Waals surface area contributed by atoms with Crippen molar-refractivity contribution in [1.29, 1.82) is 5.26 Å². The highest BCUT2D eigenvalue weighted by atomic mass is 19.1. The van der Waals surface area contributed by atoms with Crippen molar-refractivity contribution in [2.24, 2.45) is 5.73 Å². The van der Waals surface area contributed by atoms with E-state index in [0.29, 0.717) is 22.6 Å². The van der Waals surface area contributed by atoms with Crippen LogP contribution in [0.1, 0.15) is 30.9 Å². The summed E-state index contributed by atoms with van der Waals surface area (Å²) < 4.78 is 16.4. The normalized spacial score (nSPS) is 12.0. The van der Waals surface area contributed by atoms with E-state index in [1.165, 1.54) is 12.1 Å². The van der Waals surface area contributed by atoms with Crippen molar-refractivity contribution in [2.75, 3.05) is 11.9 Å². The third-order valence-corrected chi connectivity index (χ3v) is 5.34. The Bertz CT molecular complexity index is 1280. The molecule has 1 atom stereocenters. The summed E-state index contributed by atoms with van der Waals surface area (Å²) in [5, 5.41) is 12.5. The van der Waals surface area contributed by atoms with Gasteiger partial charge in [0.15, 0.2) is 5.65 Å². The molecule has 0 saturated heterocycles. The van der Waals surface area contributed by atoms with Crippen LogP contribution < -0.4 is 11.1 Å². The van der Waals surface area contributed by atoms with Gasteiger partial charge in [-0.25, -0.2) is 14.4 Å². The van der Waals surface area contributed by atoms with Crippen LogP contribution in [0, 0.1) is 24.1 Å². The predicted molar refractivity (Wildman–Crippen MR) is 125 cm³/mol. The molecule has 0 bridgehead atoms. The molecule has 2 heterocycles. The molecular formula is C25H25FN6. The number of nitrogens with one attached hydrogen (secondary N) is 1. The third kappa shape index (κ3) is 4.32. The van der Waals surface area contributed by atoms with Gasteiger partial charge in [0.05, 0.1) is 11.3 Å². The van der Waals surface area contributed by atoms with E-state index >= 15 is 0 Å². The number of halogens is 1. The predicted octanol–water partition coefficient (Wildman–Crippen LogP) is 4.95. The fraction of sp³-hybridized carbons (Fsp3) is 0.240. The molecule has 0 saturated carbocycles. The molecular weight excluding hydrogens is 403 g/mol. The Labute approximate surface area is 186 Å². The zero-order valence-electron chi connectivity index (χ0n) is 18.1. The summed E-state index contributed by atoms with van der Waals surface area (Å²) in [5.41, 5.74) is 10.7. The number of imidazole rings is 1. The highest BCUT2D eigenvalue weighted by Crippen LogP contribution is 2.31. The van der Waals surface area contributed by atoms with Crippen molar-refractivity contribution in [2.45, 2.75) is 32.7 Å². The molecule has 162 valence electrons. The minimum absolute atomic E-state index is 0.00126. The van der Waals surface area contributed by atoms with Gasteiger partial charge >= 0.3 is 0 Å². The minimum atomic E-state index is -0.574. The van der Waals surface area contributed by atoms with E-state index < -0.39 is 5.82 Å². The lowest BCUT2D eigenvalue weighted by molar-refractivity contribution is 0.624. The van der Waals surface area contributed by atoms with Gasteiger partial charge in [-0.05, 0) is 63.1 Å². The Morgan fingerprint density at radius 1 is 1.19 bits per heavy atom. The van der Waals surface area contributed by atoms with E-state index in [1.54, 1.807) is 12.3 Å². The van der Waals surface area contributed by atoms with Gasteiger partial charge in [-0.2, -0.15) is 5.26 Å². The van der Waals surface area contributed by atoms with Gasteiger partial charge in [-0.15, -0.1) is 0 Å². The topological polar surface area (TPSA) is 92.5 Å². The van der Waals surface area contributed by atoms with E-state index in [9.17, 15) is 4.39 Å². The molecule has 0 spiro atoms. The second-order valence-electron chi connectivity index (χ2n) is 7.99. The van der Waals surface area contributed by atoms with Crippen molar-refractivity contribution in [3.63, 3.8) is 0 Å². The summed E-state index contributed by atoms with van der Waals surface area (Å²) >= 11 is 0. The molecule has 0 amide bonds. The maximum Gasteiger partial charge on any atom is 0.167 e. The monoisotopic (exact) mass is 428 g/mol. The molecule has 0 radical (unpaired) electrons. The van der Waals surface area contributed by atoms with Crippen LogP contribution in [-0.2, 0) is 0 Å². The second-order valence-corrected chi connectivity index (χ2v) is 7.99. The number of aromatic nitrogens is 3. The molecule has 0 fully saturated rings. The van der Waals surface area contributed by atoms with E-state index in [4.69, 9.17) is 16.0 Å². The highest BCUT2D eigenvalue weighted by Gasteiger charge is 2.19. The quantitative estimate of drug-likeness (QED) is 0.407.